The van der Waals surface area contributed by atoms with Crippen molar-refractivity contribution in [2.75, 3.05) is 6.61 Å². The van der Waals surface area contributed by atoms with Crippen molar-refractivity contribution in [2.24, 2.45) is 0 Å². The molecule has 106 valence electrons. The fourth-order valence-corrected chi connectivity index (χ4v) is 2.43. The molecular formula is C18H23NO. The van der Waals surface area contributed by atoms with Gasteiger partial charge < -0.3 is 10.4 Å². The lowest BCUT2D eigenvalue weighted by Crippen LogP contribution is -2.32. The van der Waals surface area contributed by atoms with E-state index in [-0.39, 0.29) is 12.6 Å². The molecule has 0 aromatic heterocycles. The summed E-state index contributed by atoms with van der Waals surface area (Å²) < 4.78 is 0. The van der Waals surface area contributed by atoms with Gasteiger partial charge in [0.05, 0.1) is 0 Å². The van der Waals surface area contributed by atoms with Crippen LogP contribution in [-0.2, 0) is 6.42 Å². The lowest BCUT2D eigenvalue weighted by molar-refractivity contribution is 0.263. The second-order valence-corrected chi connectivity index (χ2v) is 5.23. The molecule has 0 radical (unpaired) electrons. The fourth-order valence-electron chi connectivity index (χ4n) is 2.43. The highest BCUT2D eigenvalue weighted by Crippen LogP contribution is 2.19. The first-order valence-corrected chi connectivity index (χ1v) is 7.25. The predicted molar refractivity (Wildman–Crippen MR) is 83.6 cm³/mol. The highest BCUT2D eigenvalue weighted by atomic mass is 16.3. The Morgan fingerprint density at radius 3 is 2.15 bits per heavy atom. The van der Waals surface area contributed by atoms with Gasteiger partial charge in [0, 0.05) is 18.7 Å². The molecular weight excluding hydrogens is 246 g/mol. The van der Waals surface area contributed by atoms with Gasteiger partial charge in [-0.2, -0.15) is 0 Å². The number of benzene rings is 2. The predicted octanol–water partition coefficient (Wildman–Crippen LogP) is 3.33. The van der Waals surface area contributed by atoms with Crippen LogP contribution >= 0.6 is 0 Å². The Hall–Kier alpha value is -1.64. The number of rotatable bonds is 7. The second kappa shape index (κ2) is 7.83. The third-order valence-electron chi connectivity index (χ3n) is 3.53. The second-order valence-electron chi connectivity index (χ2n) is 5.23. The van der Waals surface area contributed by atoms with Crippen molar-refractivity contribution in [3.05, 3.63) is 71.8 Å². The number of hydrogen-bond donors (Lipinski definition) is 2. The first-order chi connectivity index (χ1) is 9.79. The Bertz CT molecular complexity index is 483. The lowest BCUT2D eigenvalue weighted by Gasteiger charge is -2.23. The third kappa shape index (κ3) is 4.48. The van der Waals surface area contributed by atoms with Crippen LogP contribution in [0.4, 0.5) is 0 Å². The molecule has 2 rings (SSSR count). The molecule has 0 spiro atoms. The molecule has 0 aliphatic rings. The zero-order valence-electron chi connectivity index (χ0n) is 12.0. The molecule has 2 heteroatoms. The number of aliphatic hydroxyl groups excluding tert-OH is 1. The standard InChI is InChI=1S/C18H23NO/c1-15(12-13-20)19-18(17-10-6-3-7-11-17)14-16-8-4-2-5-9-16/h2-11,15,18-20H,12-14H2,1H3. The van der Waals surface area contributed by atoms with Gasteiger partial charge in [0.25, 0.3) is 0 Å². The SMILES string of the molecule is CC(CCO)NC(Cc1ccccc1)c1ccccc1. The normalized spacial score (nSPS) is 13.9. The average molecular weight is 269 g/mol. The van der Waals surface area contributed by atoms with E-state index >= 15 is 0 Å². The Balaban J connectivity index is 2.12. The minimum atomic E-state index is 0.223. The molecule has 2 N–H and O–H groups in total. The van der Waals surface area contributed by atoms with E-state index in [2.05, 4.69) is 60.8 Å². The van der Waals surface area contributed by atoms with Crippen LogP contribution in [0.2, 0.25) is 0 Å². The molecule has 0 fully saturated rings. The minimum absolute atomic E-state index is 0.223. The van der Waals surface area contributed by atoms with E-state index in [1.165, 1.54) is 11.1 Å². The van der Waals surface area contributed by atoms with E-state index in [4.69, 9.17) is 5.11 Å². The van der Waals surface area contributed by atoms with Crippen molar-refractivity contribution >= 4 is 0 Å². The first-order valence-electron chi connectivity index (χ1n) is 7.25. The molecule has 2 nitrogen and oxygen atoms in total. The van der Waals surface area contributed by atoms with Gasteiger partial charge in [-0.25, -0.2) is 0 Å². The van der Waals surface area contributed by atoms with Crippen molar-refractivity contribution in [2.45, 2.75) is 31.8 Å². The fraction of sp³-hybridized carbons (Fsp3) is 0.333. The van der Waals surface area contributed by atoms with Crippen molar-refractivity contribution in [1.82, 2.24) is 5.32 Å². The molecule has 2 atom stereocenters. The number of hydrogen-bond acceptors (Lipinski definition) is 2. The monoisotopic (exact) mass is 269 g/mol. The maximum absolute atomic E-state index is 9.07. The maximum Gasteiger partial charge on any atom is 0.0445 e. The van der Waals surface area contributed by atoms with Gasteiger partial charge in [-0.15, -0.1) is 0 Å². The molecule has 2 aromatic rings. The van der Waals surface area contributed by atoms with E-state index in [1.807, 2.05) is 12.1 Å². The quantitative estimate of drug-likeness (QED) is 0.808. The molecule has 0 aliphatic heterocycles. The zero-order chi connectivity index (χ0) is 14.2. The van der Waals surface area contributed by atoms with Crippen LogP contribution in [0.1, 0.15) is 30.5 Å². The maximum atomic E-state index is 9.07. The summed E-state index contributed by atoms with van der Waals surface area (Å²) in [6.45, 7) is 2.35. The highest BCUT2D eigenvalue weighted by Gasteiger charge is 2.14. The van der Waals surface area contributed by atoms with Gasteiger partial charge in [-0.3, -0.25) is 0 Å². The van der Waals surface area contributed by atoms with Crippen molar-refractivity contribution in [3.8, 4) is 0 Å². The molecule has 0 bridgehead atoms. The number of aliphatic hydroxyl groups is 1. The molecule has 20 heavy (non-hydrogen) atoms. The Labute approximate surface area is 121 Å². The van der Waals surface area contributed by atoms with Crippen LogP contribution in [0.15, 0.2) is 60.7 Å². The van der Waals surface area contributed by atoms with Crippen LogP contribution < -0.4 is 5.32 Å². The molecule has 0 saturated heterocycles. The highest BCUT2D eigenvalue weighted by molar-refractivity contribution is 5.23. The van der Waals surface area contributed by atoms with Crippen LogP contribution in [0.3, 0.4) is 0 Å². The molecule has 0 aliphatic carbocycles. The molecule has 0 amide bonds. The van der Waals surface area contributed by atoms with Crippen LogP contribution in [-0.4, -0.2) is 17.8 Å². The van der Waals surface area contributed by atoms with E-state index < -0.39 is 0 Å². The lowest BCUT2D eigenvalue weighted by atomic mass is 9.98. The van der Waals surface area contributed by atoms with Crippen LogP contribution in [0.25, 0.3) is 0 Å². The summed E-state index contributed by atoms with van der Waals surface area (Å²) in [6, 6.07) is 21.6. The smallest absolute Gasteiger partial charge is 0.0445 e. The summed E-state index contributed by atoms with van der Waals surface area (Å²) in [4.78, 5) is 0. The van der Waals surface area contributed by atoms with E-state index in [0.29, 0.717) is 6.04 Å². The molecule has 2 aromatic carbocycles. The largest absolute Gasteiger partial charge is 0.396 e. The van der Waals surface area contributed by atoms with Gasteiger partial charge >= 0.3 is 0 Å². The molecule has 0 heterocycles. The van der Waals surface area contributed by atoms with Crippen molar-refractivity contribution in [3.63, 3.8) is 0 Å². The summed E-state index contributed by atoms with van der Waals surface area (Å²) in [5, 5.41) is 12.7. The summed E-state index contributed by atoms with van der Waals surface area (Å²) >= 11 is 0. The average Bonchev–Trinajstić information content (AvgIpc) is 2.49. The van der Waals surface area contributed by atoms with Gasteiger partial charge in [-0.05, 0) is 30.9 Å². The number of nitrogens with one attached hydrogen (secondary N) is 1. The summed E-state index contributed by atoms with van der Waals surface area (Å²) in [7, 11) is 0. The van der Waals surface area contributed by atoms with E-state index in [9.17, 15) is 0 Å². The summed E-state index contributed by atoms with van der Waals surface area (Å²) in [5.74, 6) is 0. The van der Waals surface area contributed by atoms with Crippen LogP contribution in [0.5, 0.6) is 0 Å². The van der Waals surface area contributed by atoms with Crippen molar-refractivity contribution < 1.29 is 5.11 Å². The Morgan fingerprint density at radius 1 is 0.950 bits per heavy atom. The first kappa shape index (κ1) is 14.8. The van der Waals surface area contributed by atoms with Gasteiger partial charge in [0.15, 0.2) is 0 Å². The van der Waals surface area contributed by atoms with Gasteiger partial charge in [0.1, 0.15) is 0 Å². The minimum Gasteiger partial charge on any atom is -0.396 e. The van der Waals surface area contributed by atoms with E-state index in [1.54, 1.807) is 0 Å². The summed E-state index contributed by atoms with van der Waals surface area (Å²) in [5.41, 5.74) is 2.62. The molecule has 0 saturated carbocycles. The Morgan fingerprint density at radius 2 is 1.55 bits per heavy atom. The van der Waals surface area contributed by atoms with Gasteiger partial charge in [0.2, 0.25) is 0 Å². The molecule has 2 unspecified atom stereocenters. The Kier molecular flexibility index (Phi) is 5.78. The van der Waals surface area contributed by atoms with Gasteiger partial charge in [-0.1, -0.05) is 60.7 Å². The third-order valence-corrected chi connectivity index (χ3v) is 3.53. The zero-order valence-corrected chi connectivity index (χ0v) is 12.0. The van der Waals surface area contributed by atoms with Crippen LogP contribution in [0, 0.1) is 0 Å². The topological polar surface area (TPSA) is 32.3 Å². The van der Waals surface area contributed by atoms with E-state index in [0.717, 1.165) is 12.8 Å². The van der Waals surface area contributed by atoms with Crippen molar-refractivity contribution in [1.29, 1.82) is 0 Å². The summed E-state index contributed by atoms with van der Waals surface area (Å²) in [6.07, 6.45) is 1.73.